The van der Waals surface area contributed by atoms with Crippen molar-refractivity contribution < 1.29 is 19.1 Å². The molecule has 0 heterocycles. The monoisotopic (exact) mass is 231 g/mol. The van der Waals surface area contributed by atoms with Crippen LogP contribution in [-0.4, -0.2) is 28.9 Å². The molecule has 0 aromatic carbocycles. The Hall–Kier alpha value is -1.63. The van der Waals surface area contributed by atoms with Gasteiger partial charge in [0.25, 0.3) is 0 Å². The first-order valence-electron chi connectivity index (χ1n) is 4.59. The Morgan fingerprint density at radius 3 is 1.81 bits per heavy atom. The molecule has 92 valence electrons. The second-order valence-electron chi connectivity index (χ2n) is 4.48. The lowest BCUT2D eigenvalue weighted by molar-refractivity contribution is -0.165. The molecule has 0 radical (unpaired) electrons. The van der Waals surface area contributed by atoms with Gasteiger partial charge in [-0.1, -0.05) is 0 Å². The van der Waals surface area contributed by atoms with Crippen molar-refractivity contribution in [1.82, 2.24) is 0 Å². The van der Waals surface area contributed by atoms with Crippen molar-refractivity contribution in [1.29, 1.82) is 0 Å². The Bertz CT molecular complexity index is 321. The van der Waals surface area contributed by atoms with Crippen molar-refractivity contribution in [3.8, 4) is 0 Å². The molecule has 1 unspecified atom stereocenters. The topological polar surface area (TPSA) is 138 Å². The minimum atomic E-state index is -2.21. The molecule has 0 aliphatic rings. The highest BCUT2D eigenvalue weighted by Gasteiger charge is 2.45. The van der Waals surface area contributed by atoms with Crippen molar-refractivity contribution >= 4 is 17.8 Å². The zero-order valence-electron chi connectivity index (χ0n) is 9.57. The smallest absolute Gasteiger partial charge is 0.337 e. The molecule has 0 aromatic rings. The third-order valence-electron chi connectivity index (χ3n) is 1.66. The van der Waals surface area contributed by atoms with E-state index in [0.717, 1.165) is 0 Å². The van der Waals surface area contributed by atoms with Crippen LogP contribution in [0.15, 0.2) is 0 Å². The van der Waals surface area contributed by atoms with Crippen molar-refractivity contribution in [2.45, 2.75) is 38.3 Å². The van der Waals surface area contributed by atoms with Gasteiger partial charge in [-0.05, 0) is 20.8 Å². The third kappa shape index (κ3) is 3.85. The number of nitrogens with two attached hydrogens (primary N) is 3. The molecule has 16 heavy (non-hydrogen) atoms. The molecule has 0 spiro atoms. The summed E-state index contributed by atoms with van der Waals surface area (Å²) in [6.07, 6.45) is -0.683. The molecule has 0 aliphatic heterocycles. The summed E-state index contributed by atoms with van der Waals surface area (Å²) >= 11 is 0. The van der Waals surface area contributed by atoms with Crippen molar-refractivity contribution in [3.63, 3.8) is 0 Å². The summed E-state index contributed by atoms with van der Waals surface area (Å²) in [6.45, 7) is 4.78. The number of primary amides is 2. The van der Waals surface area contributed by atoms with Crippen LogP contribution in [0.3, 0.4) is 0 Å². The second kappa shape index (κ2) is 4.48. The molecule has 0 aliphatic carbocycles. The average molecular weight is 231 g/mol. The van der Waals surface area contributed by atoms with Crippen molar-refractivity contribution in [3.05, 3.63) is 0 Å². The van der Waals surface area contributed by atoms with Gasteiger partial charge in [0.05, 0.1) is 6.42 Å². The normalized spacial score (nSPS) is 15.0. The van der Waals surface area contributed by atoms with E-state index >= 15 is 0 Å². The molecular weight excluding hydrogens is 214 g/mol. The number of hydrogen-bond acceptors (Lipinski definition) is 5. The summed E-state index contributed by atoms with van der Waals surface area (Å²) in [5.74, 6) is -3.13. The Morgan fingerprint density at radius 2 is 1.56 bits per heavy atom. The van der Waals surface area contributed by atoms with Gasteiger partial charge >= 0.3 is 5.97 Å². The van der Waals surface area contributed by atoms with E-state index in [1.807, 2.05) is 0 Å². The molecule has 0 rings (SSSR count). The number of rotatable bonds is 4. The fourth-order valence-corrected chi connectivity index (χ4v) is 0.904. The number of esters is 1. The van der Waals surface area contributed by atoms with Crippen LogP contribution in [-0.2, 0) is 19.1 Å². The molecule has 0 aromatic heterocycles. The first-order chi connectivity index (χ1) is 6.99. The van der Waals surface area contributed by atoms with Crippen LogP contribution < -0.4 is 17.2 Å². The van der Waals surface area contributed by atoms with Gasteiger partial charge in [0.1, 0.15) is 5.60 Å². The van der Waals surface area contributed by atoms with E-state index in [1.54, 1.807) is 20.8 Å². The predicted molar refractivity (Wildman–Crippen MR) is 55.8 cm³/mol. The van der Waals surface area contributed by atoms with Crippen molar-refractivity contribution in [2.75, 3.05) is 0 Å². The van der Waals surface area contributed by atoms with Gasteiger partial charge in [0.2, 0.25) is 17.4 Å². The van der Waals surface area contributed by atoms with E-state index in [4.69, 9.17) is 21.9 Å². The minimum absolute atomic E-state index is 0.683. The number of carbonyl (C=O) groups is 3. The Balaban J connectivity index is 4.99. The third-order valence-corrected chi connectivity index (χ3v) is 1.66. The average Bonchev–Trinajstić information content (AvgIpc) is 1.98. The molecule has 6 N–H and O–H groups in total. The second-order valence-corrected chi connectivity index (χ2v) is 4.48. The number of hydrogen-bond donors (Lipinski definition) is 3. The first-order valence-corrected chi connectivity index (χ1v) is 4.59. The number of amides is 2. The van der Waals surface area contributed by atoms with Crippen LogP contribution in [0.25, 0.3) is 0 Å². The van der Waals surface area contributed by atoms with Gasteiger partial charge in [-0.3, -0.25) is 9.59 Å². The highest BCUT2D eigenvalue weighted by atomic mass is 16.6. The van der Waals surface area contributed by atoms with Gasteiger partial charge in [0.15, 0.2) is 0 Å². The lowest BCUT2D eigenvalue weighted by Gasteiger charge is -2.27. The van der Waals surface area contributed by atoms with Crippen LogP contribution in [0.5, 0.6) is 0 Å². The maximum Gasteiger partial charge on any atom is 0.337 e. The maximum atomic E-state index is 11.6. The van der Waals surface area contributed by atoms with E-state index in [2.05, 4.69) is 0 Å². The van der Waals surface area contributed by atoms with Crippen LogP contribution >= 0.6 is 0 Å². The molecule has 0 saturated heterocycles. The summed E-state index contributed by atoms with van der Waals surface area (Å²) in [6, 6.07) is 0. The summed E-state index contributed by atoms with van der Waals surface area (Å²) in [5, 5.41) is 0. The van der Waals surface area contributed by atoms with Crippen LogP contribution in [0.2, 0.25) is 0 Å². The maximum absolute atomic E-state index is 11.6. The van der Waals surface area contributed by atoms with Crippen molar-refractivity contribution in [2.24, 2.45) is 17.2 Å². The largest absolute Gasteiger partial charge is 0.458 e. The fourth-order valence-electron chi connectivity index (χ4n) is 0.904. The Morgan fingerprint density at radius 1 is 1.12 bits per heavy atom. The zero-order valence-corrected chi connectivity index (χ0v) is 9.57. The fraction of sp³-hybridized carbons (Fsp3) is 0.667. The first kappa shape index (κ1) is 14.4. The zero-order chi connectivity index (χ0) is 13.1. The van der Waals surface area contributed by atoms with E-state index in [0.29, 0.717) is 0 Å². The van der Waals surface area contributed by atoms with E-state index in [9.17, 15) is 14.4 Å². The van der Waals surface area contributed by atoms with E-state index in [-0.39, 0.29) is 0 Å². The Labute approximate surface area is 93.3 Å². The summed E-state index contributed by atoms with van der Waals surface area (Å²) in [7, 11) is 0. The lowest BCUT2D eigenvalue weighted by Crippen LogP contribution is -2.61. The van der Waals surface area contributed by atoms with E-state index in [1.165, 1.54) is 0 Å². The van der Waals surface area contributed by atoms with E-state index < -0.39 is 35.3 Å². The standard InChI is InChI=1S/C9H17N3O4/c1-8(2,3)16-7(15)9(12,6(11)14)4-5(10)13/h4,12H2,1-3H3,(H2,10,13)(H2,11,14). The van der Waals surface area contributed by atoms with Gasteiger partial charge in [-0.25, -0.2) is 4.79 Å². The predicted octanol–water partition coefficient (Wildman–Crippen LogP) is -1.61. The molecule has 7 heteroatoms. The molecule has 1 atom stereocenters. The molecule has 2 amide bonds. The molecule has 0 fully saturated rings. The number of ether oxygens (including phenoxy) is 1. The van der Waals surface area contributed by atoms with Gasteiger partial charge < -0.3 is 21.9 Å². The molecular formula is C9H17N3O4. The summed E-state index contributed by atoms with van der Waals surface area (Å²) in [4.78, 5) is 33.4. The molecule has 0 saturated carbocycles. The van der Waals surface area contributed by atoms with Gasteiger partial charge in [0, 0.05) is 0 Å². The Kier molecular flexibility index (Phi) is 4.02. The highest BCUT2D eigenvalue weighted by Crippen LogP contribution is 2.15. The summed E-state index contributed by atoms with van der Waals surface area (Å²) in [5.41, 5.74) is 12.2. The number of carbonyl (C=O) groups excluding carboxylic acids is 3. The SMILES string of the molecule is CC(C)(C)OC(=O)C(N)(CC(N)=O)C(N)=O. The minimum Gasteiger partial charge on any atom is -0.458 e. The highest BCUT2D eigenvalue weighted by molar-refractivity contribution is 6.09. The van der Waals surface area contributed by atoms with Gasteiger partial charge in [-0.2, -0.15) is 0 Å². The summed E-state index contributed by atoms with van der Waals surface area (Å²) < 4.78 is 4.89. The van der Waals surface area contributed by atoms with Crippen LogP contribution in [0, 0.1) is 0 Å². The lowest BCUT2D eigenvalue weighted by atomic mass is 9.95. The molecule has 0 bridgehead atoms. The van der Waals surface area contributed by atoms with Crippen LogP contribution in [0.4, 0.5) is 0 Å². The van der Waals surface area contributed by atoms with Gasteiger partial charge in [-0.15, -0.1) is 0 Å². The van der Waals surface area contributed by atoms with Crippen LogP contribution in [0.1, 0.15) is 27.2 Å². The quantitative estimate of drug-likeness (QED) is 0.394. The molecule has 7 nitrogen and oxygen atoms in total.